The van der Waals surface area contributed by atoms with Crippen molar-refractivity contribution in [2.75, 3.05) is 5.73 Å². The maximum atomic E-state index is 13.4. The zero-order valence-electron chi connectivity index (χ0n) is 19.0. The van der Waals surface area contributed by atoms with Crippen LogP contribution in [0.1, 0.15) is 52.3 Å². The Morgan fingerprint density at radius 3 is 2.47 bits per heavy atom. The summed E-state index contributed by atoms with van der Waals surface area (Å²) in [6.45, 7) is 2.35. The summed E-state index contributed by atoms with van der Waals surface area (Å²) in [4.78, 5) is 32.2. The first-order valence-corrected chi connectivity index (χ1v) is 11.1. The van der Waals surface area contributed by atoms with Crippen LogP contribution < -0.4 is 5.73 Å². The Morgan fingerprint density at radius 2 is 1.82 bits per heavy atom. The van der Waals surface area contributed by atoms with Gasteiger partial charge in [0.15, 0.2) is 0 Å². The third kappa shape index (κ3) is 5.90. The highest BCUT2D eigenvalue weighted by molar-refractivity contribution is 5.98. The number of nitrogens with zero attached hydrogens (tertiary/aromatic N) is 6. The molecule has 1 aromatic carbocycles. The number of nitrogens with two attached hydrogens (primary N) is 1. The molecule has 5 rings (SSSR count). The fraction of sp³-hybridized carbons (Fsp3) is 0.231. The van der Waals surface area contributed by atoms with E-state index in [1.165, 1.54) is 25.5 Å². The van der Waals surface area contributed by atoms with Gasteiger partial charge in [-0.15, -0.1) is 0 Å². The second kappa shape index (κ2) is 10.5. The van der Waals surface area contributed by atoms with E-state index < -0.39 is 0 Å². The first-order valence-electron chi connectivity index (χ1n) is 11.1. The Hall–Kier alpha value is -4.38. The SMILES string of the molecule is C1CC1.Cc1cc2cc(C(=O)N(Cc3ccc(C#N)cn3)Cc3ncccn3)ccc2nc1N. The van der Waals surface area contributed by atoms with Crippen LogP contribution in [-0.4, -0.2) is 30.7 Å². The molecule has 34 heavy (non-hydrogen) atoms. The van der Waals surface area contributed by atoms with Crippen LogP contribution in [0.4, 0.5) is 5.82 Å². The van der Waals surface area contributed by atoms with E-state index in [1.54, 1.807) is 47.6 Å². The van der Waals surface area contributed by atoms with Crippen molar-refractivity contribution < 1.29 is 4.79 Å². The van der Waals surface area contributed by atoms with E-state index in [4.69, 9.17) is 11.0 Å². The molecule has 8 heteroatoms. The number of carbonyl (C=O) groups is 1. The summed E-state index contributed by atoms with van der Waals surface area (Å²) >= 11 is 0. The van der Waals surface area contributed by atoms with E-state index in [1.807, 2.05) is 25.1 Å². The van der Waals surface area contributed by atoms with Gasteiger partial charge in [-0.2, -0.15) is 5.26 Å². The van der Waals surface area contributed by atoms with E-state index in [0.29, 0.717) is 28.5 Å². The third-order valence-corrected chi connectivity index (χ3v) is 5.19. The largest absolute Gasteiger partial charge is 0.383 e. The van der Waals surface area contributed by atoms with Crippen LogP contribution in [0, 0.1) is 18.3 Å². The van der Waals surface area contributed by atoms with Crippen molar-refractivity contribution in [3.05, 3.63) is 89.3 Å². The summed E-state index contributed by atoms with van der Waals surface area (Å²) in [5.41, 5.74) is 9.12. The highest BCUT2D eigenvalue weighted by Gasteiger charge is 2.19. The van der Waals surface area contributed by atoms with Crippen molar-refractivity contribution in [3.63, 3.8) is 0 Å². The fourth-order valence-corrected chi connectivity index (χ4v) is 3.17. The van der Waals surface area contributed by atoms with Crippen LogP contribution in [0.15, 0.2) is 61.1 Å². The van der Waals surface area contributed by atoms with Gasteiger partial charge in [-0.05, 0) is 55.0 Å². The lowest BCUT2D eigenvalue weighted by Gasteiger charge is -2.22. The van der Waals surface area contributed by atoms with Gasteiger partial charge >= 0.3 is 0 Å². The highest BCUT2D eigenvalue weighted by atomic mass is 16.2. The molecule has 0 spiro atoms. The molecule has 0 aliphatic heterocycles. The summed E-state index contributed by atoms with van der Waals surface area (Å²) in [6, 6.07) is 14.4. The van der Waals surface area contributed by atoms with Crippen molar-refractivity contribution in [3.8, 4) is 6.07 Å². The fourth-order valence-electron chi connectivity index (χ4n) is 3.17. The molecular formula is C26H25N7O. The van der Waals surface area contributed by atoms with Gasteiger partial charge in [-0.1, -0.05) is 19.3 Å². The van der Waals surface area contributed by atoms with Gasteiger partial charge in [0.2, 0.25) is 0 Å². The summed E-state index contributed by atoms with van der Waals surface area (Å²) in [5.74, 6) is 0.812. The number of aromatic nitrogens is 4. The maximum Gasteiger partial charge on any atom is 0.254 e. The number of aryl methyl sites for hydroxylation is 1. The Kier molecular flexibility index (Phi) is 7.04. The van der Waals surface area contributed by atoms with E-state index >= 15 is 0 Å². The minimum Gasteiger partial charge on any atom is -0.383 e. The Labute approximate surface area is 198 Å². The van der Waals surface area contributed by atoms with Gasteiger partial charge in [0.25, 0.3) is 5.91 Å². The number of nitriles is 1. The predicted octanol–water partition coefficient (Wildman–Crippen LogP) is 4.20. The molecule has 4 aromatic rings. The van der Waals surface area contributed by atoms with E-state index in [9.17, 15) is 4.79 Å². The number of fused-ring (bicyclic) bond motifs is 1. The lowest BCUT2D eigenvalue weighted by Crippen LogP contribution is -2.31. The van der Waals surface area contributed by atoms with Crippen molar-refractivity contribution in [2.45, 2.75) is 39.3 Å². The third-order valence-electron chi connectivity index (χ3n) is 5.19. The van der Waals surface area contributed by atoms with E-state index in [2.05, 4.69) is 19.9 Å². The number of hydrogen-bond acceptors (Lipinski definition) is 7. The van der Waals surface area contributed by atoms with Crippen molar-refractivity contribution >= 4 is 22.6 Å². The molecule has 1 aliphatic rings. The normalized spacial score (nSPS) is 11.8. The van der Waals surface area contributed by atoms with Crippen LogP contribution in [0.3, 0.4) is 0 Å². The number of amides is 1. The number of pyridine rings is 2. The maximum absolute atomic E-state index is 13.4. The monoisotopic (exact) mass is 451 g/mol. The highest BCUT2D eigenvalue weighted by Crippen LogP contribution is 2.21. The minimum absolute atomic E-state index is 0.185. The first-order chi connectivity index (χ1) is 16.5. The van der Waals surface area contributed by atoms with Gasteiger partial charge in [-0.3, -0.25) is 9.78 Å². The predicted molar refractivity (Wildman–Crippen MR) is 129 cm³/mol. The lowest BCUT2D eigenvalue weighted by molar-refractivity contribution is 0.0723. The average Bonchev–Trinajstić information content (AvgIpc) is 3.75. The van der Waals surface area contributed by atoms with Gasteiger partial charge in [0, 0.05) is 29.5 Å². The molecular weight excluding hydrogens is 426 g/mol. The molecule has 1 aliphatic carbocycles. The van der Waals surface area contributed by atoms with Crippen LogP contribution >= 0.6 is 0 Å². The van der Waals surface area contributed by atoms with Gasteiger partial charge in [0.05, 0.1) is 29.9 Å². The molecule has 3 aromatic heterocycles. The van der Waals surface area contributed by atoms with Crippen molar-refractivity contribution in [1.82, 2.24) is 24.8 Å². The summed E-state index contributed by atoms with van der Waals surface area (Å²) in [6.07, 6.45) is 9.27. The lowest BCUT2D eigenvalue weighted by atomic mass is 10.1. The first kappa shape index (κ1) is 22.8. The molecule has 1 fully saturated rings. The molecule has 2 N–H and O–H groups in total. The zero-order valence-corrected chi connectivity index (χ0v) is 19.0. The summed E-state index contributed by atoms with van der Waals surface area (Å²) < 4.78 is 0. The molecule has 0 unspecified atom stereocenters. The second-order valence-corrected chi connectivity index (χ2v) is 8.13. The number of carbonyl (C=O) groups excluding carboxylic acids is 1. The van der Waals surface area contributed by atoms with E-state index in [-0.39, 0.29) is 19.0 Å². The van der Waals surface area contributed by atoms with Crippen LogP contribution in [-0.2, 0) is 13.1 Å². The second-order valence-electron chi connectivity index (χ2n) is 8.13. The smallest absolute Gasteiger partial charge is 0.254 e. The summed E-state index contributed by atoms with van der Waals surface area (Å²) in [7, 11) is 0. The van der Waals surface area contributed by atoms with Crippen LogP contribution in [0.25, 0.3) is 10.9 Å². The molecule has 170 valence electrons. The van der Waals surface area contributed by atoms with Gasteiger partial charge in [-0.25, -0.2) is 15.0 Å². The molecule has 1 amide bonds. The average molecular weight is 452 g/mol. The molecule has 0 saturated heterocycles. The number of nitrogen functional groups attached to an aromatic ring is 1. The molecule has 0 bridgehead atoms. The van der Waals surface area contributed by atoms with Crippen LogP contribution in [0.2, 0.25) is 0 Å². The van der Waals surface area contributed by atoms with Crippen molar-refractivity contribution in [1.29, 1.82) is 5.26 Å². The van der Waals surface area contributed by atoms with E-state index in [0.717, 1.165) is 16.5 Å². The zero-order chi connectivity index (χ0) is 23.9. The molecule has 1 saturated carbocycles. The number of hydrogen-bond donors (Lipinski definition) is 1. The molecule has 3 heterocycles. The molecule has 0 radical (unpaired) electrons. The van der Waals surface area contributed by atoms with Gasteiger partial charge < -0.3 is 10.6 Å². The van der Waals surface area contributed by atoms with Crippen molar-refractivity contribution in [2.24, 2.45) is 0 Å². The number of rotatable bonds is 5. The molecule has 8 nitrogen and oxygen atoms in total. The number of benzene rings is 1. The standard InChI is InChI=1S/C23H19N7O.C3H6/c1-15-9-18-10-17(4-6-20(18)29-22(15)25)23(31)30(14-21-26-7-2-8-27-21)13-19-5-3-16(11-24)12-28-19;1-2-3-1/h2-10,12H,13-14H2,1H3,(H2,25,29);1-3H2. The quantitative estimate of drug-likeness (QED) is 0.483. The molecule has 0 atom stereocenters. The Morgan fingerprint density at radius 1 is 1.06 bits per heavy atom. The van der Waals surface area contributed by atoms with Crippen LogP contribution in [0.5, 0.6) is 0 Å². The topological polar surface area (TPSA) is 122 Å². The summed E-state index contributed by atoms with van der Waals surface area (Å²) in [5, 5.41) is 9.82. The number of anilines is 1. The van der Waals surface area contributed by atoms with Gasteiger partial charge in [0.1, 0.15) is 17.7 Å². The minimum atomic E-state index is -0.185. The Balaban J connectivity index is 0.000000846. The Bertz CT molecular complexity index is 1330.